The zero-order valence-corrected chi connectivity index (χ0v) is 9.60. The van der Waals surface area contributed by atoms with Crippen LogP contribution >= 0.6 is 0 Å². The standard InChI is InChI=1S/C12H15NO4/c1-7-2-5-10(17-7)11(14)13-9(12(15)16)6-8-3-4-8/h2,5,8-9H,3-4,6H2,1H3,(H,13,14)(H,15,16). The van der Waals surface area contributed by atoms with Gasteiger partial charge in [-0.1, -0.05) is 12.8 Å². The number of amides is 1. The van der Waals surface area contributed by atoms with Crippen molar-refractivity contribution in [3.05, 3.63) is 23.7 Å². The van der Waals surface area contributed by atoms with Gasteiger partial charge in [0.2, 0.25) is 0 Å². The predicted molar refractivity (Wildman–Crippen MR) is 59.7 cm³/mol. The molecule has 1 amide bonds. The first-order valence-corrected chi connectivity index (χ1v) is 5.66. The molecule has 1 heterocycles. The van der Waals surface area contributed by atoms with Gasteiger partial charge in [0.15, 0.2) is 5.76 Å². The molecule has 0 aromatic carbocycles. The van der Waals surface area contributed by atoms with E-state index in [1.165, 1.54) is 0 Å². The SMILES string of the molecule is Cc1ccc(C(=O)NC(CC2CC2)C(=O)O)o1. The molecule has 0 saturated heterocycles. The van der Waals surface area contributed by atoms with Crippen molar-refractivity contribution in [1.82, 2.24) is 5.32 Å². The number of carboxylic acid groups (broad SMARTS) is 1. The maximum atomic E-state index is 11.7. The van der Waals surface area contributed by atoms with E-state index >= 15 is 0 Å². The van der Waals surface area contributed by atoms with Gasteiger partial charge in [-0.05, 0) is 31.4 Å². The summed E-state index contributed by atoms with van der Waals surface area (Å²) in [5.41, 5.74) is 0. The van der Waals surface area contributed by atoms with Crippen LogP contribution in [0.3, 0.4) is 0 Å². The van der Waals surface area contributed by atoms with Crippen LogP contribution in [0.2, 0.25) is 0 Å². The summed E-state index contributed by atoms with van der Waals surface area (Å²) >= 11 is 0. The quantitative estimate of drug-likeness (QED) is 0.814. The largest absolute Gasteiger partial charge is 0.480 e. The fourth-order valence-corrected chi connectivity index (χ4v) is 1.69. The molecule has 17 heavy (non-hydrogen) atoms. The topological polar surface area (TPSA) is 79.5 Å². The minimum absolute atomic E-state index is 0.157. The maximum Gasteiger partial charge on any atom is 0.326 e. The molecule has 1 aromatic rings. The second-order valence-electron chi connectivity index (χ2n) is 4.45. The van der Waals surface area contributed by atoms with E-state index < -0.39 is 17.9 Å². The highest BCUT2D eigenvalue weighted by molar-refractivity contribution is 5.94. The molecule has 0 bridgehead atoms. The number of aliphatic carboxylic acids is 1. The molecule has 5 heteroatoms. The van der Waals surface area contributed by atoms with Crippen LogP contribution in [0.4, 0.5) is 0 Å². The molecule has 2 rings (SSSR count). The lowest BCUT2D eigenvalue weighted by Crippen LogP contribution is -2.41. The van der Waals surface area contributed by atoms with Crippen LogP contribution < -0.4 is 5.32 Å². The Kier molecular flexibility index (Phi) is 3.17. The third-order valence-electron chi connectivity index (χ3n) is 2.83. The van der Waals surface area contributed by atoms with Crippen molar-refractivity contribution in [3.8, 4) is 0 Å². The Morgan fingerprint density at radius 3 is 2.71 bits per heavy atom. The van der Waals surface area contributed by atoms with Crippen molar-refractivity contribution in [2.75, 3.05) is 0 Å². The van der Waals surface area contributed by atoms with E-state index in [9.17, 15) is 9.59 Å². The van der Waals surface area contributed by atoms with E-state index in [-0.39, 0.29) is 5.76 Å². The number of carboxylic acids is 1. The van der Waals surface area contributed by atoms with Crippen molar-refractivity contribution in [2.24, 2.45) is 5.92 Å². The van der Waals surface area contributed by atoms with Gasteiger partial charge in [-0.2, -0.15) is 0 Å². The molecular weight excluding hydrogens is 222 g/mol. The van der Waals surface area contributed by atoms with E-state index in [4.69, 9.17) is 9.52 Å². The Labute approximate surface area is 98.8 Å². The highest BCUT2D eigenvalue weighted by atomic mass is 16.4. The minimum Gasteiger partial charge on any atom is -0.480 e. The van der Waals surface area contributed by atoms with Gasteiger partial charge in [0.25, 0.3) is 5.91 Å². The Morgan fingerprint density at radius 1 is 1.53 bits per heavy atom. The van der Waals surface area contributed by atoms with E-state index in [1.54, 1.807) is 19.1 Å². The lowest BCUT2D eigenvalue weighted by molar-refractivity contribution is -0.139. The van der Waals surface area contributed by atoms with Crippen LogP contribution in [0.25, 0.3) is 0 Å². The van der Waals surface area contributed by atoms with Crippen molar-refractivity contribution in [3.63, 3.8) is 0 Å². The number of hydrogen-bond donors (Lipinski definition) is 2. The van der Waals surface area contributed by atoms with Gasteiger partial charge in [0.1, 0.15) is 11.8 Å². The van der Waals surface area contributed by atoms with Gasteiger partial charge < -0.3 is 14.8 Å². The first-order chi connectivity index (χ1) is 8.06. The molecule has 1 saturated carbocycles. The molecule has 0 spiro atoms. The Hall–Kier alpha value is -1.78. The molecule has 1 aliphatic rings. The Balaban J connectivity index is 1.96. The first kappa shape index (κ1) is 11.7. The van der Waals surface area contributed by atoms with Gasteiger partial charge >= 0.3 is 5.97 Å². The number of rotatable bonds is 5. The second-order valence-corrected chi connectivity index (χ2v) is 4.45. The Bertz CT molecular complexity index is 433. The van der Waals surface area contributed by atoms with E-state index in [0.717, 1.165) is 12.8 Å². The molecule has 0 aliphatic heterocycles. The molecule has 0 radical (unpaired) electrons. The van der Waals surface area contributed by atoms with Crippen LogP contribution in [0, 0.1) is 12.8 Å². The van der Waals surface area contributed by atoms with Crippen molar-refractivity contribution in [1.29, 1.82) is 0 Å². The minimum atomic E-state index is -0.992. The van der Waals surface area contributed by atoms with Gasteiger partial charge in [-0.25, -0.2) is 4.79 Å². The molecule has 1 fully saturated rings. The molecule has 5 nitrogen and oxygen atoms in total. The fourth-order valence-electron chi connectivity index (χ4n) is 1.69. The fraction of sp³-hybridized carbons (Fsp3) is 0.500. The first-order valence-electron chi connectivity index (χ1n) is 5.66. The van der Waals surface area contributed by atoms with Crippen LogP contribution in [-0.2, 0) is 4.79 Å². The summed E-state index contributed by atoms with van der Waals surface area (Å²) in [6, 6.07) is 2.40. The smallest absolute Gasteiger partial charge is 0.326 e. The number of nitrogens with one attached hydrogen (secondary N) is 1. The van der Waals surface area contributed by atoms with Crippen molar-refractivity contribution >= 4 is 11.9 Å². The van der Waals surface area contributed by atoms with Gasteiger partial charge in [0.05, 0.1) is 0 Å². The average Bonchev–Trinajstić information content (AvgIpc) is 2.97. The van der Waals surface area contributed by atoms with Crippen LogP contribution in [0.1, 0.15) is 35.6 Å². The second kappa shape index (κ2) is 4.61. The zero-order chi connectivity index (χ0) is 12.4. The van der Waals surface area contributed by atoms with E-state index in [2.05, 4.69) is 5.32 Å². The van der Waals surface area contributed by atoms with Gasteiger partial charge in [0, 0.05) is 0 Å². The molecule has 1 atom stereocenters. The molecular formula is C12H15NO4. The van der Waals surface area contributed by atoms with Crippen LogP contribution in [0.15, 0.2) is 16.5 Å². The zero-order valence-electron chi connectivity index (χ0n) is 9.60. The van der Waals surface area contributed by atoms with Gasteiger partial charge in [-0.3, -0.25) is 4.79 Å². The van der Waals surface area contributed by atoms with Gasteiger partial charge in [-0.15, -0.1) is 0 Å². The number of carbonyl (C=O) groups excluding carboxylic acids is 1. The van der Waals surface area contributed by atoms with E-state index in [1.807, 2.05) is 0 Å². The Morgan fingerprint density at radius 2 is 2.24 bits per heavy atom. The number of carbonyl (C=O) groups is 2. The summed E-state index contributed by atoms with van der Waals surface area (Å²) in [6.45, 7) is 1.73. The number of hydrogen-bond acceptors (Lipinski definition) is 3. The predicted octanol–water partition coefficient (Wildman–Crippen LogP) is 1.57. The van der Waals surface area contributed by atoms with Crippen LogP contribution in [0.5, 0.6) is 0 Å². The summed E-state index contributed by atoms with van der Waals surface area (Å²) in [6.07, 6.45) is 2.61. The highest BCUT2D eigenvalue weighted by Gasteiger charge is 2.30. The summed E-state index contributed by atoms with van der Waals surface area (Å²) in [7, 11) is 0. The lowest BCUT2D eigenvalue weighted by atomic mass is 10.1. The summed E-state index contributed by atoms with van der Waals surface area (Å²) in [4.78, 5) is 22.7. The normalized spacial score (nSPS) is 16.5. The molecule has 2 N–H and O–H groups in total. The summed E-state index contributed by atoms with van der Waals surface area (Å²) in [5.74, 6) is -0.233. The monoisotopic (exact) mass is 237 g/mol. The lowest BCUT2D eigenvalue weighted by Gasteiger charge is -2.12. The maximum absolute atomic E-state index is 11.7. The third-order valence-corrected chi connectivity index (χ3v) is 2.83. The summed E-state index contributed by atoms with van der Waals surface area (Å²) in [5, 5.41) is 11.5. The third kappa shape index (κ3) is 3.09. The van der Waals surface area contributed by atoms with E-state index in [0.29, 0.717) is 18.1 Å². The van der Waals surface area contributed by atoms with Crippen molar-refractivity contribution < 1.29 is 19.1 Å². The number of furan rings is 1. The summed E-state index contributed by atoms with van der Waals surface area (Å²) < 4.78 is 5.14. The highest BCUT2D eigenvalue weighted by Crippen LogP contribution is 2.33. The molecule has 1 aromatic heterocycles. The number of aryl methyl sites for hydroxylation is 1. The molecule has 92 valence electrons. The van der Waals surface area contributed by atoms with Crippen LogP contribution in [-0.4, -0.2) is 23.0 Å². The molecule has 1 unspecified atom stereocenters. The molecule has 1 aliphatic carbocycles. The van der Waals surface area contributed by atoms with Crippen molar-refractivity contribution in [2.45, 2.75) is 32.2 Å². The average molecular weight is 237 g/mol.